The minimum Gasteiger partial charge on any atom is -0.373 e. The van der Waals surface area contributed by atoms with Gasteiger partial charge in [-0.2, -0.15) is 8.78 Å². The average molecular weight is 332 g/mol. The van der Waals surface area contributed by atoms with Crippen LogP contribution in [-0.2, 0) is 11.2 Å². The van der Waals surface area contributed by atoms with E-state index in [-0.39, 0.29) is 18.1 Å². The highest BCUT2D eigenvalue weighted by Gasteiger charge is 2.41. The number of hydrogen-bond acceptors (Lipinski definition) is 2. The van der Waals surface area contributed by atoms with Gasteiger partial charge in [0.1, 0.15) is 12.4 Å². The SMILES string of the molecule is CNC(COCC(F)(F)C(F)F)Cc1cccc(F)c1Cl. The molecule has 2 nitrogen and oxygen atoms in total. The lowest BCUT2D eigenvalue weighted by atomic mass is 10.1. The third-order valence-corrected chi connectivity index (χ3v) is 3.26. The zero-order valence-electron chi connectivity index (χ0n) is 11.2. The maximum Gasteiger partial charge on any atom is 0.330 e. The first kappa shape index (κ1) is 18.1. The zero-order valence-corrected chi connectivity index (χ0v) is 11.9. The summed E-state index contributed by atoms with van der Waals surface area (Å²) in [5.41, 5.74) is 0.472. The highest BCUT2D eigenvalue weighted by Crippen LogP contribution is 2.23. The van der Waals surface area contributed by atoms with Crippen LogP contribution in [0.15, 0.2) is 18.2 Å². The lowest BCUT2D eigenvalue weighted by Gasteiger charge is -2.20. The van der Waals surface area contributed by atoms with E-state index >= 15 is 0 Å². The number of ether oxygens (including phenoxy) is 1. The van der Waals surface area contributed by atoms with Crippen LogP contribution in [0.5, 0.6) is 0 Å². The molecule has 1 unspecified atom stereocenters. The maximum atomic E-state index is 13.3. The summed E-state index contributed by atoms with van der Waals surface area (Å²) in [6.07, 6.45) is -3.56. The van der Waals surface area contributed by atoms with Crippen molar-refractivity contribution < 1.29 is 26.7 Å². The summed E-state index contributed by atoms with van der Waals surface area (Å²) in [4.78, 5) is 0. The number of benzene rings is 1. The molecule has 0 saturated carbocycles. The van der Waals surface area contributed by atoms with E-state index in [4.69, 9.17) is 11.6 Å². The van der Waals surface area contributed by atoms with Crippen molar-refractivity contribution in [2.75, 3.05) is 20.3 Å². The van der Waals surface area contributed by atoms with Crippen LogP contribution < -0.4 is 5.32 Å². The van der Waals surface area contributed by atoms with Gasteiger partial charge in [-0.15, -0.1) is 0 Å². The standard InChI is InChI=1S/C13H15ClF5NO/c1-20-9(6-21-7-13(18,19)12(16)17)5-8-3-2-4-10(15)11(8)14/h2-4,9,12,20H,5-7H2,1H3. The van der Waals surface area contributed by atoms with Gasteiger partial charge < -0.3 is 10.1 Å². The van der Waals surface area contributed by atoms with Gasteiger partial charge in [0.05, 0.1) is 11.6 Å². The summed E-state index contributed by atoms with van der Waals surface area (Å²) >= 11 is 5.78. The maximum absolute atomic E-state index is 13.3. The molecular formula is C13H15ClF5NO. The van der Waals surface area contributed by atoms with Gasteiger partial charge in [-0.05, 0) is 25.1 Å². The van der Waals surface area contributed by atoms with Gasteiger partial charge in [0.25, 0.3) is 0 Å². The lowest BCUT2D eigenvalue weighted by molar-refractivity contribution is -0.166. The first-order chi connectivity index (χ1) is 9.77. The minimum absolute atomic E-state index is 0.0596. The lowest BCUT2D eigenvalue weighted by Crippen LogP contribution is -2.37. The molecule has 0 bridgehead atoms. The largest absolute Gasteiger partial charge is 0.373 e. The molecule has 0 aliphatic carbocycles. The Labute approximate surface area is 124 Å². The van der Waals surface area contributed by atoms with Crippen molar-refractivity contribution in [3.63, 3.8) is 0 Å². The quantitative estimate of drug-likeness (QED) is 0.736. The van der Waals surface area contributed by atoms with E-state index in [1.54, 1.807) is 13.1 Å². The molecular weight excluding hydrogens is 317 g/mol. The van der Waals surface area contributed by atoms with Gasteiger partial charge in [-0.3, -0.25) is 0 Å². The van der Waals surface area contributed by atoms with E-state index in [1.165, 1.54) is 12.1 Å². The van der Waals surface area contributed by atoms with Gasteiger partial charge in [0.2, 0.25) is 0 Å². The molecule has 1 rings (SSSR count). The van der Waals surface area contributed by atoms with Crippen LogP contribution in [-0.4, -0.2) is 38.7 Å². The minimum atomic E-state index is -4.19. The molecule has 1 aromatic rings. The van der Waals surface area contributed by atoms with Crippen molar-refractivity contribution in [2.24, 2.45) is 0 Å². The monoisotopic (exact) mass is 331 g/mol. The topological polar surface area (TPSA) is 21.3 Å². The van der Waals surface area contributed by atoms with Crippen LogP contribution >= 0.6 is 11.6 Å². The second-order valence-electron chi connectivity index (χ2n) is 4.48. The van der Waals surface area contributed by atoms with Crippen LogP contribution in [0, 0.1) is 5.82 Å². The molecule has 1 aromatic carbocycles. The Hall–Kier alpha value is -0.920. The first-order valence-electron chi connectivity index (χ1n) is 6.11. The Bertz CT molecular complexity index is 458. The Kier molecular flexibility index (Phi) is 6.83. The smallest absolute Gasteiger partial charge is 0.330 e. The normalized spacial score (nSPS) is 13.7. The number of nitrogens with one attached hydrogen (secondary N) is 1. The molecule has 0 heterocycles. The summed E-state index contributed by atoms with van der Waals surface area (Å²) in [6, 6.07) is 3.79. The molecule has 8 heteroatoms. The van der Waals surface area contributed by atoms with Gasteiger partial charge >= 0.3 is 12.3 Å². The third-order valence-electron chi connectivity index (χ3n) is 2.84. The van der Waals surface area contributed by atoms with E-state index in [1.807, 2.05) is 0 Å². The highest BCUT2D eigenvalue weighted by atomic mass is 35.5. The number of rotatable bonds is 8. The van der Waals surface area contributed by atoms with E-state index in [0.717, 1.165) is 0 Å². The zero-order chi connectivity index (χ0) is 16.0. The molecule has 120 valence electrons. The van der Waals surface area contributed by atoms with E-state index in [0.29, 0.717) is 5.56 Å². The molecule has 1 N–H and O–H groups in total. The predicted octanol–water partition coefficient (Wildman–Crippen LogP) is 3.53. The van der Waals surface area contributed by atoms with Crippen molar-refractivity contribution in [3.05, 3.63) is 34.6 Å². The van der Waals surface area contributed by atoms with Crippen LogP contribution in [0.3, 0.4) is 0 Å². The van der Waals surface area contributed by atoms with Crippen LogP contribution in [0.4, 0.5) is 22.0 Å². The van der Waals surface area contributed by atoms with E-state index < -0.39 is 30.8 Å². The van der Waals surface area contributed by atoms with Crippen LogP contribution in [0.2, 0.25) is 5.02 Å². The fourth-order valence-corrected chi connectivity index (χ4v) is 1.82. The number of hydrogen-bond donors (Lipinski definition) is 1. The third kappa shape index (κ3) is 5.41. The van der Waals surface area contributed by atoms with Gasteiger partial charge in [-0.1, -0.05) is 23.7 Å². The van der Waals surface area contributed by atoms with Crippen molar-refractivity contribution >= 4 is 11.6 Å². The fourth-order valence-electron chi connectivity index (χ4n) is 1.62. The first-order valence-corrected chi connectivity index (χ1v) is 6.49. The molecule has 21 heavy (non-hydrogen) atoms. The molecule has 0 spiro atoms. The molecule has 0 saturated heterocycles. The number of halogens is 6. The Morgan fingerprint density at radius 1 is 1.33 bits per heavy atom. The van der Waals surface area contributed by atoms with Gasteiger partial charge in [0.15, 0.2) is 0 Å². The predicted molar refractivity (Wildman–Crippen MR) is 69.7 cm³/mol. The summed E-state index contributed by atoms with van der Waals surface area (Å²) in [5.74, 6) is -4.77. The Morgan fingerprint density at radius 2 is 2.00 bits per heavy atom. The second-order valence-corrected chi connectivity index (χ2v) is 4.86. The summed E-state index contributed by atoms with van der Waals surface area (Å²) in [5, 5.41) is 2.71. The van der Waals surface area contributed by atoms with Crippen LogP contribution in [0.1, 0.15) is 5.56 Å². The summed E-state index contributed by atoms with van der Waals surface area (Å²) in [6.45, 7) is -1.61. The van der Waals surface area contributed by atoms with E-state index in [9.17, 15) is 22.0 Å². The van der Waals surface area contributed by atoms with Crippen LogP contribution in [0.25, 0.3) is 0 Å². The molecule has 0 radical (unpaired) electrons. The van der Waals surface area contributed by atoms with Crippen molar-refractivity contribution in [1.82, 2.24) is 5.32 Å². The van der Waals surface area contributed by atoms with E-state index in [2.05, 4.69) is 10.1 Å². The van der Waals surface area contributed by atoms with Crippen molar-refractivity contribution in [3.8, 4) is 0 Å². The molecule has 0 aromatic heterocycles. The summed E-state index contributed by atoms with van der Waals surface area (Å²) in [7, 11) is 1.55. The Balaban J connectivity index is 2.55. The van der Waals surface area contributed by atoms with Crippen molar-refractivity contribution in [2.45, 2.75) is 24.8 Å². The molecule has 1 atom stereocenters. The molecule has 0 fully saturated rings. The molecule has 0 amide bonds. The Morgan fingerprint density at radius 3 is 2.57 bits per heavy atom. The number of likely N-dealkylation sites (N-methyl/N-ethyl adjacent to an activating group) is 1. The highest BCUT2D eigenvalue weighted by molar-refractivity contribution is 6.31. The average Bonchev–Trinajstić information content (AvgIpc) is 2.42. The van der Waals surface area contributed by atoms with Crippen molar-refractivity contribution in [1.29, 1.82) is 0 Å². The fraction of sp³-hybridized carbons (Fsp3) is 0.538. The molecule has 0 aliphatic rings. The number of alkyl halides is 4. The summed E-state index contributed by atoms with van der Waals surface area (Å²) < 4.78 is 67.2. The second kappa shape index (κ2) is 7.91. The van der Waals surface area contributed by atoms with Gasteiger partial charge in [-0.25, -0.2) is 13.2 Å². The molecule has 0 aliphatic heterocycles. The van der Waals surface area contributed by atoms with Gasteiger partial charge in [0, 0.05) is 6.04 Å².